The monoisotopic (exact) mass is 363 g/mol. The fourth-order valence-corrected chi connectivity index (χ4v) is 2.92. The predicted octanol–water partition coefficient (Wildman–Crippen LogP) is 4.86. The maximum Gasteiger partial charge on any atom is 0.235 e. The molecule has 2 aromatic carbocycles. The van der Waals surface area contributed by atoms with Gasteiger partial charge in [-0.2, -0.15) is 0 Å². The summed E-state index contributed by atoms with van der Waals surface area (Å²) in [5, 5.41) is 4.15. The van der Waals surface area contributed by atoms with E-state index in [1.807, 2.05) is 55.0 Å². The van der Waals surface area contributed by atoms with E-state index in [0.717, 1.165) is 28.5 Å². The van der Waals surface area contributed by atoms with Crippen LogP contribution in [0.15, 0.2) is 67.0 Å². The van der Waals surface area contributed by atoms with E-state index in [9.17, 15) is 0 Å². The largest absolute Gasteiger partial charge is 0.378 e. The summed E-state index contributed by atoms with van der Waals surface area (Å²) in [6.45, 7) is 0. The van der Waals surface area contributed by atoms with Crippen molar-refractivity contribution >= 4 is 34.6 Å². The topological polar surface area (TPSA) is 45.5 Å². The first-order chi connectivity index (χ1) is 12.6. The zero-order valence-electron chi connectivity index (χ0n) is 14.5. The van der Waals surface area contributed by atoms with Gasteiger partial charge in [0.05, 0.1) is 0 Å². The van der Waals surface area contributed by atoms with E-state index in [4.69, 9.17) is 16.6 Å². The Morgan fingerprint density at radius 3 is 2.42 bits per heavy atom. The molecule has 0 saturated heterocycles. The van der Waals surface area contributed by atoms with Crippen LogP contribution in [0.5, 0.6) is 0 Å². The predicted molar refractivity (Wildman–Crippen MR) is 107 cm³/mol. The Morgan fingerprint density at radius 2 is 1.73 bits per heavy atom. The van der Waals surface area contributed by atoms with Gasteiger partial charge in [0.15, 0.2) is 0 Å². The second kappa shape index (κ2) is 6.69. The summed E-state index contributed by atoms with van der Waals surface area (Å²) in [7, 11) is 4.05. The third-order valence-corrected chi connectivity index (χ3v) is 4.42. The van der Waals surface area contributed by atoms with Crippen molar-refractivity contribution in [1.29, 1.82) is 0 Å². The molecule has 0 saturated carbocycles. The number of fused-ring (bicyclic) bond motifs is 1. The molecule has 0 aliphatic carbocycles. The number of imidazole rings is 1. The summed E-state index contributed by atoms with van der Waals surface area (Å²) in [6.07, 6.45) is 3.69. The van der Waals surface area contributed by atoms with Crippen molar-refractivity contribution in [3.05, 3.63) is 72.0 Å². The number of aromatic nitrogens is 3. The number of nitrogens with zero attached hydrogens (tertiary/aromatic N) is 4. The summed E-state index contributed by atoms with van der Waals surface area (Å²) in [4.78, 5) is 11.2. The fourth-order valence-electron chi connectivity index (χ4n) is 2.80. The Morgan fingerprint density at radius 1 is 1.00 bits per heavy atom. The van der Waals surface area contributed by atoms with Crippen LogP contribution in [0.1, 0.15) is 0 Å². The molecule has 0 radical (unpaired) electrons. The molecule has 130 valence electrons. The molecule has 26 heavy (non-hydrogen) atoms. The normalized spacial score (nSPS) is 10.9. The van der Waals surface area contributed by atoms with E-state index < -0.39 is 0 Å². The molecule has 4 aromatic rings. The number of hydrogen-bond donors (Lipinski definition) is 1. The van der Waals surface area contributed by atoms with Crippen LogP contribution in [0.3, 0.4) is 0 Å². The highest BCUT2D eigenvalue weighted by molar-refractivity contribution is 6.30. The van der Waals surface area contributed by atoms with Crippen molar-refractivity contribution in [1.82, 2.24) is 14.4 Å². The molecule has 0 amide bonds. The van der Waals surface area contributed by atoms with E-state index in [0.29, 0.717) is 10.8 Å². The van der Waals surface area contributed by atoms with Gasteiger partial charge in [0.25, 0.3) is 0 Å². The first-order valence-corrected chi connectivity index (χ1v) is 8.63. The molecule has 4 rings (SSSR count). The lowest BCUT2D eigenvalue weighted by molar-refractivity contribution is 1.11. The molecule has 0 unspecified atom stereocenters. The zero-order chi connectivity index (χ0) is 18.1. The summed E-state index contributed by atoms with van der Waals surface area (Å²) >= 11 is 6.00. The quantitative estimate of drug-likeness (QED) is 0.562. The van der Waals surface area contributed by atoms with Crippen LogP contribution in [0.25, 0.3) is 17.0 Å². The van der Waals surface area contributed by atoms with Crippen LogP contribution in [0.2, 0.25) is 5.02 Å². The minimum atomic E-state index is 0.649. The van der Waals surface area contributed by atoms with Crippen molar-refractivity contribution < 1.29 is 0 Å². The van der Waals surface area contributed by atoms with Gasteiger partial charge in [0.1, 0.15) is 11.5 Å². The van der Waals surface area contributed by atoms with E-state index in [2.05, 4.69) is 39.5 Å². The zero-order valence-corrected chi connectivity index (χ0v) is 15.3. The highest BCUT2D eigenvalue weighted by Gasteiger charge is 2.15. The van der Waals surface area contributed by atoms with Gasteiger partial charge in [-0.25, -0.2) is 9.97 Å². The molecule has 0 spiro atoms. The number of anilines is 3. The third kappa shape index (κ3) is 3.09. The molecule has 2 aromatic heterocycles. The Bertz CT molecular complexity index is 1040. The minimum Gasteiger partial charge on any atom is -0.378 e. The van der Waals surface area contributed by atoms with E-state index in [1.54, 1.807) is 6.20 Å². The lowest BCUT2D eigenvalue weighted by atomic mass is 10.1. The van der Waals surface area contributed by atoms with Gasteiger partial charge in [-0.05, 0) is 42.5 Å². The first-order valence-electron chi connectivity index (χ1n) is 8.25. The van der Waals surface area contributed by atoms with Crippen LogP contribution in [-0.4, -0.2) is 28.5 Å². The number of rotatable bonds is 4. The second-order valence-corrected chi connectivity index (χ2v) is 6.61. The molecule has 1 N–H and O–H groups in total. The molecule has 0 fully saturated rings. The van der Waals surface area contributed by atoms with Gasteiger partial charge >= 0.3 is 0 Å². The average Bonchev–Trinajstić information content (AvgIpc) is 3.02. The molecule has 2 heterocycles. The van der Waals surface area contributed by atoms with Gasteiger partial charge in [0.2, 0.25) is 5.78 Å². The Hall–Kier alpha value is -3.05. The summed E-state index contributed by atoms with van der Waals surface area (Å²) < 4.78 is 1.95. The van der Waals surface area contributed by atoms with Crippen molar-refractivity contribution in [3.63, 3.8) is 0 Å². The third-order valence-electron chi connectivity index (χ3n) is 4.17. The van der Waals surface area contributed by atoms with Gasteiger partial charge < -0.3 is 10.2 Å². The number of hydrogen-bond acceptors (Lipinski definition) is 4. The highest BCUT2D eigenvalue weighted by Crippen LogP contribution is 2.31. The maximum absolute atomic E-state index is 6.00. The SMILES string of the molecule is CN(C)c1ccc(-c2nc3ncccn3c2Nc2ccc(Cl)cc2)cc1. The van der Waals surface area contributed by atoms with Crippen LogP contribution >= 0.6 is 11.6 Å². The Kier molecular flexibility index (Phi) is 4.22. The molecule has 0 aliphatic heterocycles. The van der Waals surface area contributed by atoms with Crippen molar-refractivity contribution in [3.8, 4) is 11.3 Å². The molecule has 5 nitrogen and oxygen atoms in total. The average molecular weight is 364 g/mol. The molecule has 0 aliphatic rings. The lowest BCUT2D eigenvalue weighted by Gasteiger charge is -2.13. The van der Waals surface area contributed by atoms with Crippen molar-refractivity contribution in [2.45, 2.75) is 0 Å². The van der Waals surface area contributed by atoms with E-state index >= 15 is 0 Å². The smallest absolute Gasteiger partial charge is 0.235 e. The molecular weight excluding hydrogens is 346 g/mol. The second-order valence-electron chi connectivity index (χ2n) is 6.17. The van der Waals surface area contributed by atoms with Gasteiger partial charge in [-0.15, -0.1) is 0 Å². The highest BCUT2D eigenvalue weighted by atomic mass is 35.5. The number of benzene rings is 2. The van der Waals surface area contributed by atoms with Gasteiger partial charge in [0, 0.05) is 48.4 Å². The van der Waals surface area contributed by atoms with Gasteiger partial charge in [-0.1, -0.05) is 23.7 Å². The molecule has 0 bridgehead atoms. The molecule has 0 atom stereocenters. The van der Waals surface area contributed by atoms with Crippen LogP contribution in [-0.2, 0) is 0 Å². The lowest BCUT2D eigenvalue weighted by Crippen LogP contribution is -2.07. The van der Waals surface area contributed by atoms with E-state index in [1.165, 1.54) is 0 Å². The first kappa shape index (κ1) is 16.4. The fraction of sp³-hybridized carbons (Fsp3) is 0.100. The summed E-state index contributed by atoms with van der Waals surface area (Å²) in [5.74, 6) is 1.52. The number of halogens is 1. The standard InChI is InChI=1S/C20H18ClN5/c1-25(2)17-10-4-14(5-11-17)18-19(23-16-8-6-15(21)7-9-16)26-13-3-12-22-20(26)24-18/h3-13,23H,1-2H3. The van der Waals surface area contributed by atoms with Crippen LogP contribution in [0, 0.1) is 0 Å². The van der Waals surface area contributed by atoms with E-state index in [-0.39, 0.29) is 0 Å². The van der Waals surface area contributed by atoms with Crippen molar-refractivity contribution in [2.24, 2.45) is 0 Å². The summed E-state index contributed by atoms with van der Waals surface area (Å²) in [6, 6.07) is 17.8. The molecular formula is C20H18ClN5. The number of nitrogens with one attached hydrogen (secondary N) is 1. The van der Waals surface area contributed by atoms with Crippen LogP contribution < -0.4 is 10.2 Å². The molecule has 6 heteroatoms. The maximum atomic E-state index is 6.00. The Balaban J connectivity index is 1.82. The Labute approximate surface area is 156 Å². The van der Waals surface area contributed by atoms with Crippen molar-refractivity contribution in [2.75, 3.05) is 24.3 Å². The summed E-state index contributed by atoms with van der Waals surface area (Å²) in [5.41, 5.74) is 3.95. The van der Waals surface area contributed by atoms with Crippen LogP contribution in [0.4, 0.5) is 17.2 Å². The van der Waals surface area contributed by atoms with Gasteiger partial charge in [-0.3, -0.25) is 4.40 Å². The minimum absolute atomic E-state index is 0.649.